The van der Waals surface area contributed by atoms with Crippen molar-refractivity contribution in [3.8, 4) is 0 Å². The SMILES string of the molecule is O=C(NCC1CCCCS1)c1cc(Cl)c(Cl)c([N+](=O)[O-])c1. The molecule has 0 radical (unpaired) electrons. The van der Waals surface area contributed by atoms with Gasteiger partial charge in [-0.25, -0.2) is 0 Å². The molecule has 8 heteroatoms. The average Bonchev–Trinajstić information content (AvgIpc) is 2.48. The Bertz CT molecular complexity index is 563. The number of thioether (sulfide) groups is 1. The van der Waals surface area contributed by atoms with E-state index in [1.807, 2.05) is 11.8 Å². The molecule has 1 aromatic carbocycles. The van der Waals surface area contributed by atoms with Crippen LogP contribution < -0.4 is 5.32 Å². The van der Waals surface area contributed by atoms with Gasteiger partial charge in [0.1, 0.15) is 5.02 Å². The van der Waals surface area contributed by atoms with E-state index in [9.17, 15) is 14.9 Å². The molecule has 114 valence electrons. The Kier molecular flexibility index (Phi) is 5.72. The van der Waals surface area contributed by atoms with Crippen LogP contribution in [0.1, 0.15) is 29.6 Å². The Morgan fingerprint density at radius 1 is 1.43 bits per heavy atom. The van der Waals surface area contributed by atoms with Gasteiger partial charge >= 0.3 is 0 Å². The average molecular weight is 349 g/mol. The summed E-state index contributed by atoms with van der Waals surface area (Å²) in [5.41, 5.74) is -0.210. The molecule has 0 aromatic heterocycles. The maximum absolute atomic E-state index is 12.1. The summed E-state index contributed by atoms with van der Waals surface area (Å²) in [5.74, 6) is 0.738. The minimum absolute atomic E-state index is 0.00283. The zero-order valence-electron chi connectivity index (χ0n) is 11.1. The Morgan fingerprint density at radius 3 is 2.81 bits per heavy atom. The summed E-state index contributed by atoms with van der Waals surface area (Å²) >= 11 is 13.4. The molecule has 0 aliphatic carbocycles. The van der Waals surface area contributed by atoms with Crippen LogP contribution in [0.25, 0.3) is 0 Å². The molecule has 5 nitrogen and oxygen atoms in total. The van der Waals surface area contributed by atoms with E-state index < -0.39 is 4.92 Å². The van der Waals surface area contributed by atoms with Gasteiger partial charge in [0.2, 0.25) is 0 Å². The Hall–Kier alpha value is -0.980. The number of benzene rings is 1. The van der Waals surface area contributed by atoms with Gasteiger partial charge in [-0.15, -0.1) is 0 Å². The number of nitrogens with zero attached hydrogens (tertiary/aromatic N) is 1. The molecule has 2 rings (SSSR count). The molecule has 1 aliphatic rings. The van der Waals surface area contributed by atoms with Crippen molar-refractivity contribution in [1.29, 1.82) is 0 Å². The maximum Gasteiger partial charge on any atom is 0.290 e. The lowest BCUT2D eigenvalue weighted by atomic mass is 10.1. The van der Waals surface area contributed by atoms with Gasteiger partial charge in [0, 0.05) is 23.4 Å². The van der Waals surface area contributed by atoms with Gasteiger partial charge in [0.15, 0.2) is 0 Å². The maximum atomic E-state index is 12.1. The molecule has 1 saturated heterocycles. The van der Waals surface area contributed by atoms with Crippen LogP contribution in [-0.4, -0.2) is 28.4 Å². The van der Waals surface area contributed by atoms with Crippen LogP contribution in [0.3, 0.4) is 0 Å². The fraction of sp³-hybridized carbons (Fsp3) is 0.462. The van der Waals surface area contributed by atoms with Gasteiger partial charge in [-0.3, -0.25) is 14.9 Å². The smallest absolute Gasteiger partial charge is 0.290 e. The van der Waals surface area contributed by atoms with Crippen LogP contribution in [0.15, 0.2) is 12.1 Å². The molecule has 1 amide bonds. The number of nitro benzene ring substituents is 1. The van der Waals surface area contributed by atoms with Crippen LogP contribution in [0, 0.1) is 10.1 Å². The van der Waals surface area contributed by atoms with E-state index in [2.05, 4.69) is 5.32 Å². The third-order valence-electron chi connectivity index (χ3n) is 3.23. The highest BCUT2D eigenvalue weighted by atomic mass is 35.5. The summed E-state index contributed by atoms with van der Waals surface area (Å²) in [5, 5.41) is 13.9. The zero-order valence-corrected chi connectivity index (χ0v) is 13.4. The van der Waals surface area contributed by atoms with Crippen molar-refractivity contribution in [3.05, 3.63) is 37.9 Å². The number of nitro groups is 1. The van der Waals surface area contributed by atoms with Crippen molar-refractivity contribution >= 4 is 46.6 Å². The molecule has 1 aromatic rings. The topological polar surface area (TPSA) is 72.2 Å². The first kappa shape index (κ1) is 16.4. The van der Waals surface area contributed by atoms with E-state index >= 15 is 0 Å². The summed E-state index contributed by atoms with van der Waals surface area (Å²) in [4.78, 5) is 22.3. The Balaban J connectivity index is 2.06. The molecule has 1 fully saturated rings. The normalized spacial score (nSPS) is 18.3. The minimum Gasteiger partial charge on any atom is -0.351 e. The molecule has 1 aliphatic heterocycles. The number of carbonyl (C=O) groups is 1. The highest BCUT2D eigenvalue weighted by molar-refractivity contribution is 7.99. The second-order valence-electron chi connectivity index (χ2n) is 4.75. The molecular weight excluding hydrogens is 335 g/mol. The number of nitrogens with one attached hydrogen (secondary N) is 1. The van der Waals surface area contributed by atoms with Crippen molar-refractivity contribution in [3.63, 3.8) is 0 Å². The minimum atomic E-state index is -0.651. The highest BCUT2D eigenvalue weighted by Gasteiger charge is 2.21. The summed E-state index contributed by atoms with van der Waals surface area (Å²) in [7, 11) is 0. The molecule has 21 heavy (non-hydrogen) atoms. The first-order valence-electron chi connectivity index (χ1n) is 6.52. The predicted octanol–water partition coefficient (Wildman–Crippen LogP) is 3.92. The van der Waals surface area contributed by atoms with Gasteiger partial charge < -0.3 is 5.32 Å². The van der Waals surface area contributed by atoms with Crippen molar-refractivity contribution in [1.82, 2.24) is 5.32 Å². The van der Waals surface area contributed by atoms with Gasteiger partial charge in [0.25, 0.3) is 11.6 Å². The Labute approximate surface area is 136 Å². The molecule has 1 N–H and O–H groups in total. The standard InChI is InChI=1S/C13H14Cl2N2O3S/c14-10-5-8(6-11(12(10)15)17(19)20)13(18)16-7-9-3-1-2-4-21-9/h5-6,9H,1-4,7H2,(H,16,18). The third kappa shape index (κ3) is 4.25. The lowest BCUT2D eigenvalue weighted by Gasteiger charge is -2.21. The quantitative estimate of drug-likeness (QED) is 0.661. The van der Waals surface area contributed by atoms with E-state index in [1.165, 1.54) is 18.9 Å². The van der Waals surface area contributed by atoms with Gasteiger partial charge in [-0.2, -0.15) is 11.8 Å². The number of halogens is 2. The summed E-state index contributed by atoms with van der Waals surface area (Å²) in [6.45, 7) is 0.553. The van der Waals surface area contributed by atoms with Crippen molar-refractivity contribution < 1.29 is 9.72 Å². The van der Waals surface area contributed by atoms with Crippen LogP contribution in [0.5, 0.6) is 0 Å². The lowest BCUT2D eigenvalue weighted by Crippen LogP contribution is -2.31. The molecule has 0 saturated carbocycles. The Morgan fingerprint density at radius 2 is 2.19 bits per heavy atom. The van der Waals surface area contributed by atoms with Crippen LogP contribution in [-0.2, 0) is 0 Å². The highest BCUT2D eigenvalue weighted by Crippen LogP contribution is 2.33. The van der Waals surface area contributed by atoms with E-state index in [0.717, 1.165) is 18.2 Å². The van der Waals surface area contributed by atoms with Crippen LogP contribution in [0.4, 0.5) is 5.69 Å². The molecule has 0 spiro atoms. The van der Waals surface area contributed by atoms with Gasteiger partial charge in [-0.1, -0.05) is 29.6 Å². The second kappa shape index (κ2) is 7.33. The third-order valence-corrected chi connectivity index (χ3v) is 5.42. The summed E-state index contributed by atoms with van der Waals surface area (Å²) in [6.07, 6.45) is 3.46. The number of hydrogen-bond donors (Lipinski definition) is 1. The predicted molar refractivity (Wildman–Crippen MR) is 85.5 cm³/mol. The monoisotopic (exact) mass is 348 g/mol. The van der Waals surface area contributed by atoms with Crippen molar-refractivity contribution in [2.75, 3.05) is 12.3 Å². The summed E-state index contributed by atoms with van der Waals surface area (Å²) < 4.78 is 0. The van der Waals surface area contributed by atoms with E-state index in [1.54, 1.807) is 0 Å². The van der Waals surface area contributed by atoms with Crippen LogP contribution in [0.2, 0.25) is 10.0 Å². The van der Waals surface area contributed by atoms with Crippen molar-refractivity contribution in [2.45, 2.75) is 24.5 Å². The zero-order chi connectivity index (χ0) is 15.4. The lowest BCUT2D eigenvalue weighted by molar-refractivity contribution is -0.384. The number of rotatable bonds is 4. The van der Waals surface area contributed by atoms with E-state index in [4.69, 9.17) is 23.2 Å². The first-order valence-corrected chi connectivity index (χ1v) is 8.32. The largest absolute Gasteiger partial charge is 0.351 e. The van der Waals surface area contributed by atoms with Crippen LogP contribution >= 0.6 is 35.0 Å². The van der Waals surface area contributed by atoms with Gasteiger partial charge in [0.05, 0.1) is 9.95 Å². The molecule has 0 bridgehead atoms. The number of hydrogen-bond acceptors (Lipinski definition) is 4. The fourth-order valence-corrected chi connectivity index (χ4v) is 3.75. The molecule has 1 unspecified atom stereocenters. The van der Waals surface area contributed by atoms with E-state index in [0.29, 0.717) is 11.8 Å². The van der Waals surface area contributed by atoms with Crippen molar-refractivity contribution in [2.24, 2.45) is 0 Å². The summed E-state index contributed by atoms with van der Waals surface area (Å²) in [6, 6.07) is 2.50. The fourth-order valence-electron chi connectivity index (χ4n) is 2.12. The first-order chi connectivity index (χ1) is 9.99. The number of amides is 1. The molecular formula is C13H14Cl2N2O3S. The van der Waals surface area contributed by atoms with E-state index in [-0.39, 0.29) is 27.2 Å². The molecule has 1 heterocycles. The number of carbonyl (C=O) groups excluding carboxylic acids is 1. The molecule has 1 atom stereocenters. The van der Waals surface area contributed by atoms with Gasteiger partial charge in [-0.05, 0) is 24.7 Å². The second-order valence-corrected chi connectivity index (χ2v) is 6.94.